The van der Waals surface area contributed by atoms with E-state index in [2.05, 4.69) is 0 Å². The first-order valence-electron chi connectivity index (χ1n) is 1.95. The fraction of sp³-hybridized carbons (Fsp3) is 1.00. The van der Waals surface area contributed by atoms with Gasteiger partial charge in [-0.1, -0.05) is 0 Å². The van der Waals surface area contributed by atoms with E-state index in [1.165, 1.54) is 0 Å². The quantitative estimate of drug-likeness (QED) is 0.399. The molecule has 0 aromatic rings. The minimum absolute atomic E-state index is 5.60. The maximum absolute atomic E-state index is 11.0. The molecule has 0 heterocycles. The average molecular weight is 183 g/mol. The Hall–Kier alpha value is -0.243. The highest BCUT2D eigenvalue weighted by Gasteiger charge is 2.60. The zero-order chi connectivity index (χ0) is 8.58. The van der Waals surface area contributed by atoms with Crippen LogP contribution in [0.15, 0.2) is 0 Å². The van der Waals surface area contributed by atoms with E-state index in [-0.39, 0.29) is 0 Å². The van der Waals surface area contributed by atoms with E-state index < -0.39 is 20.6 Å². The molecule has 0 fully saturated rings. The molecule has 10 heavy (non-hydrogen) atoms. The summed E-state index contributed by atoms with van der Waals surface area (Å²) < 4.78 is 65.8. The fourth-order valence-electron chi connectivity index (χ4n) is 0.186. The van der Waals surface area contributed by atoms with Crippen molar-refractivity contribution >= 4 is 9.04 Å². The SMILES string of the molecule is [O][SiH](C(F)(F)F)C(F)(F)F. The van der Waals surface area contributed by atoms with Crippen LogP contribution in [0.3, 0.4) is 0 Å². The van der Waals surface area contributed by atoms with Gasteiger partial charge in [-0.2, -0.15) is 26.3 Å². The molecule has 0 rings (SSSR count). The second-order valence-corrected chi connectivity index (χ2v) is 3.53. The molecule has 0 atom stereocenters. The lowest BCUT2D eigenvalue weighted by Gasteiger charge is -2.12. The van der Waals surface area contributed by atoms with Crippen LogP contribution in [0, 0.1) is 0 Å². The molecule has 0 aliphatic heterocycles. The molecular weight excluding hydrogens is 182 g/mol. The number of rotatable bonds is 0. The fourth-order valence-corrected chi connectivity index (χ4v) is 0.557. The summed E-state index contributed by atoms with van der Waals surface area (Å²) in [6.45, 7) is 0. The molecule has 1 radical (unpaired) electrons. The Balaban J connectivity index is 4.23. The maximum Gasteiger partial charge on any atom is 0.456 e. The third-order valence-electron chi connectivity index (χ3n) is 0.595. The van der Waals surface area contributed by atoms with Gasteiger partial charge >= 0.3 is 20.6 Å². The molecule has 8 heteroatoms. The minimum Gasteiger partial charge on any atom is -0.279 e. The highest BCUT2D eigenvalue weighted by Crippen LogP contribution is 2.29. The maximum atomic E-state index is 11.0. The molecule has 61 valence electrons. The van der Waals surface area contributed by atoms with E-state index in [0.717, 1.165) is 0 Å². The Morgan fingerprint density at radius 3 is 1.00 bits per heavy atom. The Morgan fingerprint density at radius 2 is 1.00 bits per heavy atom. The molecule has 0 saturated carbocycles. The van der Waals surface area contributed by atoms with Crippen molar-refractivity contribution in [2.75, 3.05) is 0 Å². The van der Waals surface area contributed by atoms with Crippen LogP contribution in [0.4, 0.5) is 26.3 Å². The first-order chi connectivity index (χ1) is 4.15. The van der Waals surface area contributed by atoms with Gasteiger partial charge in [-0.3, -0.25) is 4.80 Å². The van der Waals surface area contributed by atoms with Crippen molar-refractivity contribution in [1.82, 2.24) is 0 Å². The van der Waals surface area contributed by atoms with E-state index >= 15 is 0 Å². The first-order valence-corrected chi connectivity index (χ1v) is 3.57. The monoisotopic (exact) mass is 183 g/mol. The summed E-state index contributed by atoms with van der Waals surface area (Å²) in [5.41, 5.74) is 0. The van der Waals surface area contributed by atoms with Gasteiger partial charge in [0.25, 0.3) is 0 Å². The van der Waals surface area contributed by atoms with Gasteiger partial charge in [-0.15, -0.1) is 0 Å². The summed E-state index contributed by atoms with van der Waals surface area (Å²) in [6, 6.07) is 0. The lowest BCUT2D eigenvalue weighted by atomic mass is 11.5. The molecule has 0 saturated heterocycles. The number of hydrogen-bond donors (Lipinski definition) is 0. The van der Waals surface area contributed by atoms with Crippen LogP contribution in [0.25, 0.3) is 0 Å². The second kappa shape index (κ2) is 2.42. The van der Waals surface area contributed by atoms with Crippen molar-refractivity contribution in [3.63, 3.8) is 0 Å². The van der Waals surface area contributed by atoms with Crippen LogP contribution in [-0.2, 0) is 4.80 Å². The van der Waals surface area contributed by atoms with Gasteiger partial charge < -0.3 is 0 Å². The van der Waals surface area contributed by atoms with Gasteiger partial charge in [-0.05, 0) is 0 Å². The van der Waals surface area contributed by atoms with Crippen LogP contribution < -0.4 is 0 Å². The molecule has 0 N–H and O–H groups in total. The summed E-state index contributed by atoms with van der Waals surface area (Å²) in [5.74, 6) is -11.2. The third-order valence-corrected chi connectivity index (χ3v) is 1.78. The highest BCUT2D eigenvalue weighted by molar-refractivity contribution is 6.54. The van der Waals surface area contributed by atoms with E-state index in [1.54, 1.807) is 0 Å². The normalized spacial score (nSPS) is 14.4. The number of hydrogen-bond acceptors (Lipinski definition) is 0. The predicted octanol–water partition coefficient (Wildman–Crippen LogP) is 1.34. The Kier molecular flexibility index (Phi) is 2.36. The summed E-state index contributed by atoms with van der Waals surface area (Å²) in [4.78, 5) is 9.46. The van der Waals surface area contributed by atoms with Crippen molar-refractivity contribution in [2.24, 2.45) is 0 Å². The molecule has 0 aliphatic rings. The molecule has 1 nitrogen and oxygen atoms in total. The molecule has 0 aromatic carbocycles. The molecule has 0 aliphatic carbocycles. The summed E-state index contributed by atoms with van der Waals surface area (Å²) in [7, 11) is -5.83. The zero-order valence-corrected chi connectivity index (χ0v) is 5.41. The van der Waals surface area contributed by atoms with Crippen LogP contribution >= 0.6 is 0 Å². The molecular formula is C2HF6OSi. The summed E-state index contributed by atoms with van der Waals surface area (Å²) in [5, 5.41) is 0. The van der Waals surface area contributed by atoms with Crippen LogP contribution in [-0.4, -0.2) is 20.6 Å². The average Bonchev–Trinajstić information content (AvgIpc) is 1.59. The number of halogens is 6. The van der Waals surface area contributed by atoms with Gasteiger partial charge in [0, 0.05) is 0 Å². The van der Waals surface area contributed by atoms with E-state index in [1.807, 2.05) is 0 Å². The Bertz CT molecular complexity index is 99.9. The van der Waals surface area contributed by atoms with Gasteiger partial charge in [0.2, 0.25) is 0 Å². The van der Waals surface area contributed by atoms with Crippen LogP contribution in [0.5, 0.6) is 0 Å². The second-order valence-electron chi connectivity index (χ2n) is 1.46. The third kappa shape index (κ3) is 2.56. The standard InChI is InChI=1S/C2HF6OSi/c3-1(4,5)10(9)2(6,7)8/h10H. The lowest BCUT2D eigenvalue weighted by Crippen LogP contribution is -2.46. The van der Waals surface area contributed by atoms with Crippen molar-refractivity contribution in [2.45, 2.75) is 11.6 Å². The van der Waals surface area contributed by atoms with Gasteiger partial charge in [0.1, 0.15) is 0 Å². The van der Waals surface area contributed by atoms with E-state index in [9.17, 15) is 31.1 Å². The van der Waals surface area contributed by atoms with Crippen molar-refractivity contribution in [1.29, 1.82) is 0 Å². The smallest absolute Gasteiger partial charge is 0.279 e. The van der Waals surface area contributed by atoms with Crippen molar-refractivity contribution < 1.29 is 31.1 Å². The van der Waals surface area contributed by atoms with Crippen LogP contribution in [0.1, 0.15) is 0 Å². The highest BCUT2D eigenvalue weighted by atomic mass is 28.3. The Labute approximate surface area is 53.0 Å². The molecule has 0 amide bonds. The molecule has 0 bridgehead atoms. The molecule has 0 aromatic heterocycles. The topological polar surface area (TPSA) is 19.9 Å². The van der Waals surface area contributed by atoms with Crippen molar-refractivity contribution in [3.8, 4) is 0 Å². The zero-order valence-electron chi connectivity index (χ0n) is 4.25. The van der Waals surface area contributed by atoms with Crippen LogP contribution in [0.2, 0.25) is 0 Å². The van der Waals surface area contributed by atoms with E-state index in [0.29, 0.717) is 0 Å². The minimum atomic E-state index is -5.83. The predicted molar refractivity (Wildman–Crippen MR) is 19.9 cm³/mol. The molecule has 0 unspecified atom stereocenters. The van der Waals surface area contributed by atoms with Gasteiger partial charge in [0.15, 0.2) is 0 Å². The summed E-state index contributed by atoms with van der Waals surface area (Å²) in [6.07, 6.45) is 0. The number of alkyl halides is 6. The largest absolute Gasteiger partial charge is 0.456 e. The van der Waals surface area contributed by atoms with Gasteiger partial charge in [0.05, 0.1) is 0 Å². The summed E-state index contributed by atoms with van der Waals surface area (Å²) >= 11 is 0. The lowest BCUT2D eigenvalue weighted by molar-refractivity contribution is -0.125. The first kappa shape index (κ1) is 9.76. The van der Waals surface area contributed by atoms with Crippen molar-refractivity contribution in [3.05, 3.63) is 0 Å². The molecule has 0 spiro atoms. The van der Waals surface area contributed by atoms with E-state index in [4.69, 9.17) is 0 Å². The Morgan fingerprint density at radius 1 is 0.800 bits per heavy atom. The van der Waals surface area contributed by atoms with Gasteiger partial charge in [-0.25, -0.2) is 0 Å².